The van der Waals surface area contributed by atoms with Crippen LogP contribution in [0, 0.1) is 41.4 Å². The average Bonchev–Trinajstić information content (AvgIpc) is 2.50. The molecule has 0 aromatic rings. The molecule has 0 spiro atoms. The average molecular weight is 322 g/mol. The largest absolute Gasteiger partial charge is 0.392 e. The Morgan fingerprint density at radius 3 is 2.48 bits per heavy atom. The van der Waals surface area contributed by atoms with Gasteiger partial charge in [0.2, 0.25) is 0 Å². The topological polar surface area (TPSA) is 60.7 Å². The summed E-state index contributed by atoms with van der Waals surface area (Å²) in [4.78, 5) is 0. The fourth-order valence-corrected chi connectivity index (χ4v) is 6.10. The molecule has 23 heavy (non-hydrogen) atoms. The van der Waals surface area contributed by atoms with Crippen molar-refractivity contribution >= 4 is 0 Å². The summed E-state index contributed by atoms with van der Waals surface area (Å²) < 4.78 is 0. The van der Waals surface area contributed by atoms with E-state index in [9.17, 15) is 15.3 Å². The van der Waals surface area contributed by atoms with Gasteiger partial charge in [-0.05, 0) is 54.4 Å². The number of hydrogen-bond acceptors (Lipinski definition) is 3. The van der Waals surface area contributed by atoms with Crippen molar-refractivity contribution in [2.24, 2.45) is 41.4 Å². The van der Waals surface area contributed by atoms with Gasteiger partial charge in [-0.3, -0.25) is 0 Å². The van der Waals surface area contributed by atoms with Gasteiger partial charge in [0, 0.05) is 11.8 Å². The second kappa shape index (κ2) is 6.16. The highest BCUT2D eigenvalue weighted by Crippen LogP contribution is 2.58. The standard InChI is InChI=1S/C20H34O3/c1-11(2)15-7-5-12(3)16-8-6-13(4)20(23)17(15)9-14(10-21)19(22)18(16)20/h9,11-13,15-19,21-23H,5-8,10H2,1-4H3/t12-,13-,15-,16+,17-,18+,19-,20+/m1/s1. The fraction of sp³-hybridized carbons (Fsp3) is 0.900. The summed E-state index contributed by atoms with van der Waals surface area (Å²) in [7, 11) is 0. The van der Waals surface area contributed by atoms with E-state index in [0.717, 1.165) is 24.8 Å². The lowest BCUT2D eigenvalue weighted by Gasteiger charge is -2.60. The molecule has 3 aliphatic rings. The molecule has 132 valence electrons. The number of aliphatic hydroxyl groups is 3. The maximum absolute atomic E-state index is 11.9. The monoisotopic (exact) mass is 322 g/mol. The second-order valence-corrected chi connectivity index (χ2v) is 8.89. The van der Waals surface area contributed by atoms with E-state index in [1.165, 1.54) is 6.42 Å². The van der Waals surface area contributed by atoms with Gasteiger partial charge in [0.1, 0.15) is 0 Å². The minimum Gasteiger partial charge on any atom is -0.392 e. The molecule has 0 saturated heterocycles. The lowest BCUT2D eigenvalue weighted by atomic mass is 9.48. The molecule has 2 fully saturated rings. The molecule has 0 aromatic heterocycles. The van der Waals surface area contributed by atoms with Crippen molar-refractivity contribution in [3.8, 4) is 0 Å². The van der Waals surface area contributed by atoms with E-state index in [1.807, 2.05) is 6.08 Å². The first-order chi connectivity index (χ1) is 10.8. The van der Waals surface area contributed by atoms with E-state index in [0.29, 0.717) is 23.7 Å². The van der Waals surface area contributed by atoms with Gasteiger partial charge in [-0.1, -0.05) is 40.2 Å². The number of rotatable bonds is 2. The predicted molar refractivity (Wildman–Crippen MR) is 91.7 cm³/mol. The molecule has 3 heteroatoms. The molecule has 0 radical (unpaired) electrons. The highest BCUT2D eigenvalue weighted by molar-refractivity contribution is 5.26. The minimum absolute atomic E-state index is 0.0587. The quantitative estimate of drug-likeness (QED) is 0.685. The van der Waals surface area contributed by atoms with E-state index >= 15 is 0 Å². The predicted octanol–water partition coefficient (Wildman–Crippen LogP) is 2.99. The molecule has 3 aliphatic carbocycles. The molecule has 3 rings (SSSR count). The van der Waals surface area contributed by atoms with Crippen molar-refractivity contribution in [1.29, 1.82) is 0 Å². The molecule has 0 aliphatic heterocycles. The van der Waals surface area contributed by atoms with Gasteiger partial charge in [0.15, 0.2) is 0 Å². The molecular formula is C20H34O3. The molecule has 2 saturated carbocycles. The second-order valence-electron chi connectivity index (χ2n) is 8.89. The molecule has 0 amide bonds. The summed E-state index contributed by atoms with van der Waals surface area (Å²) >= 11 is 0. The van der Waals surface area contributed by atoms with Gasteiger partial charge in [0.25, 0.3) is 0 Å². The Bertz CT molecular complexity index is 472. The molecule has 8 atom stereocenters. The van der Waals surface area contributed by atoms with E-state index in [2.05, 4.69) is 27.7 Å². The van der Waals surface area contributed by atoms with Crippen molar-refractivity contribution in [2.45, 2.75) is 65.1 Å². The van der Waals surface area contributed by atoms with Crippen molar-refractivity contribution in [3.63, 3.8) is 0 Å². The van der Waals surface area contributed by atoms with Crippen LogP contribution in [0.2, 0.25) is 0 Å². The Morgan fingerprint density at radius 1 is 1.17 bits per heavy atom. The third-order valence-corrected chi connectivity index (χ3v) is 7.55. The zero-order valence-electron chi connectivity index (χ0n) is 15.1. The van der Waals surface area contributed by atoms with Crippen LogP contribution in [0.1, 0.15) is 53.4 Å². The van der Waals surface area contributed by atoms with Crippen LogP contribution < -0.4 is 0 Å². The smallest absolute Gasteiger partial charge is 0.0831 e. The highest BCUT2D eigenvalue weighted by Gasteiger charge is 2.60. The third kappa shape index (κ3) is 2.51. The summed E-state index contributed by atoms with van der Waals surface area (Å²) in [6.45, 7) is 8.85. The van der Waals surface area contributed by atoms with Crippen LogP contribution in [-0.2, 0) is 0 Å². The van der Waals surface area contributed by atoms with E-state index < -0.39 is 11.7 Å². The summed E-state index contributed by atoms with van der Waals surface area (Å²) in [5.41, 5.74) is -0.0894. The van der Waals surface area contributed by atoms with Crippen LogP contribution in [0.5, 0.6) is 0 Å². The van der Waals surface area contributed by atoms with Crippen LogP contribution in [0.15, 0.2) is 11.6 Å². The summed E-state index contributed by atoms with van der Waals surface area (Å²) in [6, 6.07) is 0. The van der Waals surface area contributed by atoms with Crippen LogP contribution in [0.4, 0.5) is 0 Å². The molecule has 3 N–H and O–H groups in total. The fourth-order valence-electron chi connectivity index (χ4n) is 6.10. The summed E-state index contributed by atoms with van der Waals surface area (Å²) in [5, 5.41) is 32.6. The van der Waals surface area contributed by atoms with E-state index in [4.69, 9.17) is 0 Å². The molecule has 0 aromatic carbocycles. The maximum atomic E-state index is 11.9. The summed E-state index contributed by atoms with van der Waals surface area (Å²) in [5.74, 6) is 1.93. The highest BCUT2D eigenvalue weighted by atomic mass is 16.3. The van der Waals surface area contributed by atoms with Crippen LogP contribution in [0.3, 0.4) is 0 Å². The Kier molecular flexibility index (Phi) is 4.67. The van der Waals surface area contributed by atoms with Crippen molar-refractivity contribution in [2.75, 3.05) is 6.61 Å². The summed E-state index contributed by atoms with van der Waals surface area (Å²) in [6.07, 6.45) is 5.79. The van der Waals surface area contributed by atoms with Crippen LogP contribution in [-0.4, -0.2) is 33.6 Å². The minimum atomic E-state index is -0.829. The van der Waals surface area contributed by atoms with E-state index in [-0.39, 0.29) is 24.4 Å². The van der Waals surface area contributed by atoms with Gasteiger partial charge in [-0.2, -0.15) is 0 Å². The van der Waals surface area contributed by atoms with Gasteiger partial charge in [-0.25, -0.2) is 0 Å². The van der Waals surface area contributed by atoms with Crippen LogP contribution >= 0.6 is 0 Å². The Labute approximate surface area is 140 Å². The lowest BCUT2D eigenvalue weighted by molar-refractivity contribution is -0.203. The third-order valence-electron chi connectivity index (χ3n) is 7.55. The number of aliphatic hydroxyl groups excluding tert-OH is 2. The lowest BCUT2D eigenvalue weighted by Crippen LogP contribution is -2.65. The van der Waals surface area contributed by atoms with Crippen molar-refractivity contribution < 1.29 is 15.3 Å². The molecule has 4 bridgehead atoms. The molecule has 0 unspecified atom stereocenters. The molecule has 3 nitrogen and oxygen atoms in total. The first-order valence-electron chi connectivity index (χ1n) is 9.54. The van der Waals surface area contributed by atoms with Crippen molar-refractivity contribution in [3.05, 3.63) is 11.6 Å². The van der Waals surface area contributed by atoms with Gasteiger partial charge in [0.05, 0.1) is 18.3 Å². The van der Waals surface area contributed by atoms with Gasteiger partial charge in [-0.15, -0.1) is 0 Å². The molecule has 0 heterocycles. The number of hydrogen-bond donors (Lipinski definition) is 3. The zero-order valence-corrected chi connectivity index (χ0v) is 15.1. The van der Waals surface area contributed by atoms with Crippen molar-refractivity contribution in [1.82, 2.24) is 0 Å². The van der Waals surface area contributed by atoms with Crippen LogP contribution in [0.25, 0.3) is 0 Å². The normalized spacial score (nSPS) is 50.3. The van der Waals surface area contributed by atoms with E-state index in [1.54, 1.807) is 0 Å². The molecular weight excluding hydrogens is 288 g/mol. The zero-order chi connectivity index (χ0) is 16.9. The SMILES string of the molecule is CC(C)[C@H]1CC[C@@H](C)[C@@H]2CC[C@@H](C)[C@@]3(O)[C@@H]2[C@H](O)C(CO)=C[C@H]13. The van der Waals surface area contributed by atoms with Gasteiger partial charge < -0.3 is 15.3 Å². The first-order valence-corrected chi connectivity index (χ1v) is 9.54. The maximum Gasteiger partial charge on any atom is 0.0831 e. The Balaban J connectivity index is 2.17. The first kappa shape index (κ1) is 17.4. The Hall–Kier alpha value is -0.380. The van der Waals surface area contributed by atoms with Gasteiger partial charge >= 0.3 is 0 Å². The Morgan fingerprint density at radius 2 is 1.87 bits per heavy atom.